The third-order valence-electron chi connectivity index (χ3n) is 3.64. The Morgan fingerprint density at radius 3 is 2.65 bits per heavy atom. The number of carbonyl (C=O) groups is 1. The molecule has 1 atom stereocenters. The first-order valence-corrected chi connectivity index (χ1v) is 7.34. The summed E-state index contributed by atoms with van der Waals surface area (Å²) in [5, 5.41) is 2.91. The van der Waals surface area contributed by atoms with Crippen LogP contribution in [0.25, 0.3) is 0 Å². The molecule has 20 heavy (non-hydrogen) atoms. The van der Waals surface area contributed by atoms with Gasteiger partial charge in [-0.2, -0.15) is 0 Å². The van der Waals surface area contributed by atoms with E-state index < -0.39 is 0 Å². The van der Waals surface area contributed by atoms with Gasteiger partial charge < -0.3 is 11.1 Å². The van der Waals surface area contributed by atoms with Gasteiger partial charge in [0.1, 0.15) is 0 Å². The summed E-state index contributed by atoms with van der Waals surface area (Å²) in [5.41, 5.74) is 8.33. The minimum atomic E-state index is 0.0124. The molecule has 0 aliphatic heterocycles. The van der Waals surface area contributed by atoms with Gasteiger partial charge in [0.25, 0.3) is 0 Å². The molecule has 0 aliphatic rings. The van der Waals surface area contributed by atoms with Gasteiger partial charge in [-0.1, -0.05) is 33.3 Å². The Bertz CT molecular complexity index is 445. The summed E-state index contributed by atoms with van der Waals surface area (Å²) in [4.78, 5) is 14.2. The number of rotatable bonds is 7. The highest BCUT2D eigenvalue weighted by atomic mass is 16.2. The van der Waals surface area contributed by atoms with Crippen molar-refractivity contribution >= 4 is 17.3 Å². The van der Waals surface area contributed by atoms with Crippen molar-refractivity contribution in [2.24, 2.45) is 5.92 Å². The number of nitrogens with two attached hydrogens (primary N) is 1. The summed E-state index contributed by atoms with van der Waals surface area (Å²) in [6.07, 6.45) is 1.13. The molecule has 0 bridgehead atoms. The highest BCUT2D eigenvalue weighted by molar-refractivity contribution is 5.92. The Morgan fingerprint density at radius 2 is 2.10 bits per heavy atom. The first-order chi connectivity index (χ1) is 9.46. The smallest absolute Gasteiger partial charge is 0.238 e. The Kier molecular flexibility index (Phi) is 6.52. The second kappa shape index (κ2) is 7.90. The van der Waals surface area contributed by atoms with Crippen molar-refractivity contribution in [3.63, 3.8) is 0 Å². The topological polar surface area (TPSA) is 58.4 Å². The number of carbonyl (C=O) groups excluding carboxylic acids is 1. The van der Waals surface area contributed by atoms with E-state index in [9.17, 15) is 4.79 Å². The molecule has 0 fully saturated rings. The first-order valence-electron chi connectivity index (χ1n) is 7.34. The molecule has 0 aromatic heterocycles. The standard InChI is InChI=1S/C16H27N3O/c1-5-12(3)10-19(6-2)11-16(20)18-14-8-7-13(4)15(17)9-14/h7-9,12H,5-6,10-11,17H2,1-4H3,(H,18,20). The van der Waals surface area contributed by atoms with Crippen molar-refractivity contribution in [3.05, 3.63) is 23.8 Å². The molecule has 1 rings (SSSR count). The van der Waals surface area contributed by atoms with Crippen molar-refractivity contribution in [3.8, 4) is 0 Å². The second-order valence-corrected chi connectivity index (χ2v) is 5.46. The van der Waals surface area contributed by atoms with Crippen LogP contribution in [0.1, 0.15) is 32.8 Å². The van der Waals surface area contributed by atoms with Crippen LogP contribution in [0.4, 0.5) is 11.4 Å². The average molecular weight is 277 g/mol. The van der Waals surface area contributed by atoms with Gasteiger partial charge in [0.2, 0.25) is 5.91 Å². The van der Waals surface area contributed by atoms with Crippen LogP contribution >= 0.6 is 0 Å². The van der Waals surface area contributed by atoms with Crippen molar-refractivity contribution in [1.29, 1.82) is 0 Å². The maximum absolute atomic E-state index is 12.1. The molecule has 0 spiro atoms. The summed E-state index contributed by atoms with van der Waals surface area (Å²) >= 11 is 0. The lowest BCUT2D eigenvalue weighted by Gasteiger charge is -2.23. The Balaban J connectivity index is 2.55. The number of aryl methyl sites for hydroxylation is 1. The highest BCUT2D eigenvalue weighted by Crippen LogP contribution is 2.16. The number of anilines is 2. The lowest BCUT2D eigenvalue weighted by Crippen LogP contribution is -2.36. The van der Waals surface area contributed by atoms with E-state index in [0.29, 0.717) is 18.2 Å². The summed E-state index contributed by atoms with van der Waals surface area (Å²) < 4.78 is 0. The third-order valence-corrected chi connectivity index (χ3v) is 3.64. The molecule has 4 nitrogen and oxygen atoms in total. The molecule has 1 aromatic carbocycles. The van der Waals surface area contributed by atoms with Gasteiger partial charge in [-0.25, -0.2) is 0 Å². The van der Waals surface area contributed by atoms with E-state index in [2.05, 4.69) is 31.0 Å². The lowest BCUT2D eigenvalue weighted by atomic mass is 10.1. The molecule has 4 heteroatoms. The fourth-order valence-electron chi connectivity index (χ4n) is 2.00. The molecule has 3 N–H and O–H groups in total. The molecule has 1 amide bonds. The number of amides is 1. The third kappa shape index (κ3) is 5.21. The maximum Gasteiger partial charge on any atom is 0.238 e. The highest BCUT2D eigenvalue weighted by Gasteiger charge is 2.12. The minimum Gasteiger partial charge on any atom is -0.398 e. The van der Waals surface area contributed by atoms with E-state index in [4.69, 9.17) is 5.73 Å². The number of nitrogen functional groups attached to an aromatic ring is 1. The predicted octanol–water partition coefficient (Wildman–Crippen LogP) is 2.88. The second-order valence-electron chi connectivity index (χ2n) is 5.46. The first kappa shape index (κ1) is 16.5. The van der Waals surface area contributed by atoms with Crippen LogP contribution in [0.2, 0.25) is 0 Å². The van der Waals surface area contributed by atoms with Crippen LogP contribution in [-0.2, 0) is 4.79 Å². The monoisotopic (exact) mass is 277 g/mol. The normalized spacial score (nSPS) is 12.4. The summed E-state index contributed by atoms with van der Waals surface area (Å²) in [5.74, 6) is 0.621. The van der Waals surface area contributed by atoms with E-state index in [1.807, 2.05) is 19.1 Å². The van der Waals surface area contributed by atoms with Gasteiger partial charge in [0.05, 0.1) is 6.54 Å². The molecule has 0 radical (unpaired) electrons. The van der Waals surface area contributed by atoms with Crippen LogP contribution in [0.15, 0.2) is 18.2 Å². The average Bonchev–Trinajstić information content (AvgIpc) is 2.41. The zero-order chi connectivity index (χ0) is 15.1. The molecule has 0 saturated heterocycles. The van der Waals surface area contributed by atoms with Crippen molar-refractivity contribution in [2.45, 2.75) is 34.1 Å². The predicted molar refractivity (Wildman–Crippen MR) is 85.8 cm³/mol. The van der Waals surface area contributed by atoms with Crippen LogP contribution in [-0.4, -0.2) is 30.4 Å². The molecular formula is C16H27N3O. The van der Waals surface area contributed by atoms with Crippen LogP contribution < -0.4 is 11.1 Å². The van der Waals surface area contributed by atoms with Crippen molar-refractivity contribution in [1.82, 2.24) is 4.90 Å². The number of benzene rings is 1. The number of nitrogens with one attached hydrogen (secondary N) is 1. The van der Waals surface area contributed by atoms with E-state index >= 15 is 0 Å². The maximum atomic E-state index is 12.1. The SMILES string of the molecule is CCC(C)CN(CC)CC(=O)Nc1ccc(C)c(N)c1. The zero-order valence-corrected chi connectivity index (χ0v) is 13.1. The zero-order valence-electron chi connectivity index (χ0n) is 13.1. The summed E-state index contributed by atoms with van der Waals surface area (Å²) in [6, 6.07) is 5.61. The van der Waals surface area contributed by atoms with E-state index in [1.54, 1.807) is 6.07 Å². The lowest BCUT2D eigenvalue weighted by molar-refractivity contribution is -0.117. The molecular weight excluding hydrogens is 250 g/mol. The van der Waals surface area contributed by atoms with Crippen molar-refractivity contribution in [2.75, 3.05) is 30.7 Å². The number of hydrogen-bond acceptors (Lipinski definition) is 3. The van der Waals surface area contributed by atoms with E-state index in [0.717, 1.165) is 30.8 Å². The number of hydrogen-bond donors (Lipinski definition) is 2. The van der Waals surface area contributed by atoms with E-state index in [-0.39, 0.29) is 5.91 Å². The number of likely N-dealkylation sites (N-methyl/N-ethyl adjacent to an activating group) is 1. The van der Waals surface area contributed by atoms with Crippen LogP contribution in [0.5, 0.6) is 0 Å². The molecule has 1 aromatic rings. The Morgan fingerprint density at radius 1 is 1.40 bits per heavy atom. The molecule has 0 saturated carbocycles. The van der Waals surface area contributed by atoms with Gasteiger partial charge in [-0.15, -0.1) is 0 Å². The van der Waals surface area contributed by atoms with Crippen LogP contribution in [0, 0.1) is 12.8 Å². The molecule has 112 valence electrons. The van der Waals surface area contributed by atoms with Gasteiger partial charge in [0.15, 0.2) is 0 Å². The largest absolute Gasteiger partial charge is 0.398 e. The minimum absolute atomic E-state index is 0.0124. The Labute approximate surface area is 122 Å². The fraction of sp³-hybridized carbons (Fsp3) is 0.562. The molecule has 0 aliphatic carbocycles. The number of nitrogens with zero attached hydrogens (tertiary/aromatic N) is 1. The van der Waals surface area contributed by atoms with Crippen LogP contribution in [0.3, 0.4) is 0 Å². The summed E-state index contributed by atoms with van der Waals surface area (Å²) in [7, 11) is 0. The fourth-order valence-corrected chi connectivity index (χ4v) is 2.00. The van der Waals surface area contributed by atoms with Gasteiger partial charge >= 0.3 is 0 Å². The molecule has 1 unspecified atom stereocenters. The summed E-state index contributed by atoms with van der Waals surface area (Å²) in [6.45, 7) is 10.7. The Hall–Kier alpha value is -1.55. The van der Waals surface area contributed by atoms with Crippen molar-refractivity contribution < 1.29 is 4.79 Å². The van der Waals surface area contributed by atoms with E-state index in [1.165, 1.54) is 0 Å². The van der Waals surface area contributed by atoms with Gasteiger partial charge in [-0.3, -0.25) is 9.69 Å². The van der Waals surface area contributed by atoms with Gasteiger partial charge in [-0.05, 0) is 37.1 Å². The quantitative estimate of drug-likeness (QED) is 0.753. The molecule has 0 heterocycles. The van der Waals surface area contributed by atoms with Gasteiger partial charge in [0, 0.05) is 17.9 Å².